The van der Waals surface area contributed by atoms with Crippen molar-refractivity contribution in [3.05, 3.63) is 47.5 Å². The van der Waals surface area contributed by atoms with Crippen LogP contribution in [-0.2, 0) is 14.3 Å². The normalized spacial score (nSPS) is 18.4. The number of aliphatic hydroxyl groups excluding tert-OH is 1. The minimum atomic E-state index is -0.493. The summed E-state index contributed by atoms with van der Waals surface area (Å²) in [4.78, 5) is 25.8. The summed E-state index contributed by atoms with van der Waals surface area (Å²) in [5.41, 5.74) is 1.33. The molecule has 0 aliphatic carbocycles. The molecule has 5 nitrogen and oxygen atoms in total. The average Bonchev–Trinajstić information content (AvgIpc) is 2.53. The number of benzene rings is 1. The Morgan fingerprint density at radius 2 is 2.14 bits per heavy atom. The lowest BCUT2D eigenvalue weighted by Crippen LogP contribution is -2.41. The second-order valence-corrected chi connectivity index (χ2v) is 5.13. The average molecular weight is 303 g/mol. The fraction of sp³-hybridized carbons (Fsp3) is 0.412. The van der Waals surface area contributed by atoms with Gasteiger partial charge in [0.2, 0.25) is 0 Å². The first kappa shape index (κ1) is 16.2. The van der Waals surface area contributed by atoms with Gasteiger partial charge in [-0.3, -0.25) is 4.79 Å². The molecule has 1 unspecified atom stereocenters. The topological polar surface area (TPSA) is 66.8 Å². The number of ether oxygens (including phenoxy) is 1. The summed E-state index contributed by atoms with van der Waals surface area (Å²) >= 11 is 0. The van der Waals surface area contributed by atoms with Gasteiger partial charge in [-0.15, -0.1) is 0 Å². The first-order valence-corrected chi connectivity index (χ1v) is 7.51. The van der Waals surface area contributed by atoms with E-state index >= 15 is 0 Å². The standard InChI is InChI=1S/C17H21NO4/c1-2-22-16(20)11-14-9-6-10-18(17(14)21)15(12-19)13-7-4-3-5-8-13/h3-5,7-8,11,15,19H,2,6,9-10,12H2,1H3/b14-11+. The molecule has 0 saturated carbocycles. The van der Waals surface area contributed by atoms with Crippen LogP contribution >= 0.6 is 0 Å². The molecule has 1 aliphatic rings. The van der Waals surface area contributed by atoms with Crippen LogP contribution < -0.4 is 0 Å². The third-order valence-corrected chi connectivity index (χ3v) is 3.69. The molecule has 1 fully saturated rings. The Bertz CT molecular complexity index is 553. The van der Waals surface area contributed by atoms with Crippen LogP contribution in [0.15, 0.2) is 42.0 Å². The van der Waals surface area contributed by atoms with E-state index in [9.17, 15) is 14.7 Å². The maximum Gasteiger partial charge on any atom is 0.331 e. The first-order valence-electron chi connectivity index (χ1n) is 7.51. The van der Waals surface area contributed by atoms with E-state index in [0.717, 1.165) is 12.0 Å². The van der Waals surface area contributed by atoms with Crippen LogP contribution in [0.4, 0.5) is 0 Å². The molecule has 0 aromatic heterocycles. The summed E-state index contributed by atoms with van der Waals surface area (Å²) in [6, 6.07) is 9.03. The predicted molar refractivity (Wildman–Crippen MR) is 81.9 cm³/mol. The molecule has 1 aromatic rings. The number of carbonyl (C=O) groups excluding carboxylic acids is 2. The summed E-state index contributed by atoms with van der Waals surface area (Å²) in [5, 5.41) is 9.70. The molecule has 0 radical (unpaired) electrons. The van der Waals surface area contributed by atoms with Crippen molar-refractivity contribution < 1.29 is 19.4 Å². The van der Waals surface area contributed by atoms with Crippen molar-refractivity contribution in [1.29, 1.82) is 0 Å². The van der Waals surface area contributed by atoms with E-state index in [2.05, 4.69) is 0 Å². The highest BCUT2D eigenvalue weighted by molar-refractivity contribution is 6.00. The van der Waals surface area contributed by atoms with Crippen LogP contribution in [0.5, 0.6) is 0 Å². The molecule has 1 N–H and O–H groups in total. The molecule has 1 saturated heterocycles. The number of aliphatic hydroxyl groups is 1. The number of piperidine rings is 1. The van der Waals surface area contributed by atoms with Gasteiger partial charge in [-0.1, -0.05) is 30.3 Å². The molecule has 22 heavy (non-hydrogen) atoms. The van der Waals surface area contributed by atoms with E-state index < -0.39 is 5.97 Å². The van der Waals surface area contributed by atoms with Crippen molar-refractivity contribution in [2.45, 2.75) is 25.8 Å². The summed E-state index contributed by atoms with van der Waals surface area (Å²) < 4.78 is 4.86. The number of esters is 1. The molecule has 1 aromatic carbocycles. The fourth-order valence-corrected chi connectivity index (χ4v) is 2.65. The van der Waals surface area contributed by atoms with E-state index in [1.165, 1.54) is 6.08 Å². The number of nitrogens with zero attached hydrogens (tertiary/aromatic N) is 1. The Morgan fingerprint density at radius 3 is 2.77 bits per heavy atom. The smallest absolute Gasteiger partial charge is 0.331 e. The Balaban J connectivity index is 2.20. The Morgan fingerprint density at radius 1 is 1.41 bits per heavy atom. The van der Waals surface area contributed by atoms with Crippen molar-refractivity contribution >= 4 is 11.9 Å². The van der Waals surface area contributed by atoms with E-state index in [-0.39, 0.29) is 25.2 Å². The molecule has 0 bridgehead atoms. The van der Waals surface area contributed by atoms with Gasteiger partial charge in [0.25, 0.3) is 5.91 Å². The van der Waals surface area contributed by atoms with Gasteiger partial charge < -0.3 is 14.7 Å². The van der Waals surface area contributed by atoms with Gasteiger partial charge in [0.1, 0.15) is 0 Å². The number of likely N-dealkylation sites (tertiary alicyclic amines) is 1. The van der Waals surface area contributed by atoms with E-state index in [1.54, 1.807) is 11.8 Å². The van der Waals surface area contributed by atoms with Gasteiger partial charge in [0.05, 0.1) is 19.3 Å². The van der Waals surface area contributed by atoms with E-state index in [1.807, 2.05) is 30.3 Å². The predicted octanol–water partition coefficient (Wildman–Crippen LogP) is 1.83. The van der Waals surface area contributed by atoms with Gasteiger partial charge in [-0.2, -0.15) is 0 Å². The van der Waals surface area contributed by atoms with Crippen molar-refractivity contribution in [3.63, 3.8) is 0 Å². The van der Waals surface area contributed by atoms with Crippen molar-refractivity contribution in [3.8, 4) is 0 Å². The molecule has 1 atom stereocenters. The van der Waals surface area contributed by atoms with Gasteiger partial charge in [-0.05, 0) is 25.3 Å². The molecular formula is C17H21NO4. The van der Waals surface area contributed by atoms with Crippen LogP contribution in [0.25, 0.3) is 0 Å². The highest BCUT2D eigenvalue weighted by Gasteiger charge is 2.30. The zero-order valence-corrected chi connectivity index (χ0v) is 12.7. The maximum absolute atomic E-state index is 12.6. The lowest BCUT2D eigenvalue weighted by Gasteiger charge is -2.35. The molecule has 1 aliphatic heterocycles. The molecule has 5 heteroatoms. The summed E-state index contributed by atoms with van der Waals surface area (Å²) in [5.74, 6) is -0.699. The third-order valence-electron chi connectivity index (χ3n) is 3.69. The number of hydrogen-bond acceptors (Lipinski definition) is 4. The lowest BCUT2D eigenvalue weighted by molar-refractivity contribution is -0.138. The monoisotopic (exact) mass is 303 g/mol. The minimum absolute atomic E-state index is 0.150. The second kappa shape index (κ2) is 7.75. The third kappa shape index (κ3) is 3.74. The minimum Gasteiger partial charge on any atom is -0.463 e. The largest absolute Gasteiger partial charge is 0.463 e. The summed E-state index contributed by atoms with van der Waals surface area (Å²) in [6.45, 7) is 2.42. The second-order valence-electron chi connectivity index (χ2n) is 5.13. The summed E-state index contributed by atoms with van der Waals surface area (Å²) in [7, 11) is 0. The van der Waals surface area contributed by atoms with Gasteiger partial charge >= 0.3 is 5.97 Å². The maximum atomic E-state index is 12.6. The highest BCUT2D eigenvalue weighted by atomic mass is 16.5. The van der Waals surface area contributed by atoms with Gasteiger partial charge in [-0.25, -0.2) is 4.79 Å². The molecule has 1 heterocycles. The Labute approximate surface area is 130 Å². The highest BCUT2D eigenvalue weighted by Crippen LogP contribution is 2.27. The molecular weight excluding hydrogens is 282 g/mol. The number of hydrogen-bond donors (Lipinski definition) is 1. The first-order chi connectivity index (χ1) is 10.7. The van der Waals surface area contributed by atoms with Crippen molar-refractivity contribution in [2.24, 2.45) is 0 Å². The van der Waals surface area contributed by atoms with Crippen LogP contribution in [0.1, 0.15) is 31.4 Å². The van der Waals surface area contributed by atoms with Gasteiger partial charge in [0.15, 0.2) is 0 Å². The molecule has 0 spiro atoms. The van der Waals surface area contributed by atoms with Gasteiger partial charge in [0, 0.05) is 18.2 Å². The summed E-state index contributed by atoms with van der Waals surface area (Å²) in [6.07, 6.45) is 2.60. The Hall–Kier alpha value is -2.14. The van der Waals surface area contributed by atoms with Crippen LogP contribution in [0, 0.1) is 0 Å². The quantitative estimate of drug-likeness (QED) is 0.666. The van der Waals surface area contributed by atoms with Crippen molar-refractivity contribution in [1.82, 2.24) is 4.90 Å². The molecule has 1 amide bonds. The SMILES string of the molecule is CCOC(=O)/C=C1\CCCN(C(CO)c2ccccc2)C1=O. The number of carbonyl (C=O) groups is 2. The fourth-order valence-electron chi connectivity index (χ4n) is 2.65. The zero-order chi connectivity index (χ0) is 15.9. The van der Waals surface area contributed by atoms with Crippen LogP contribution in [0.3, 0.4) is 0 Å². The van der Waals surface area contributed by atoms with Crippen LogP contribution in [-0.4, -0.2) is 41.6 Å². The molecule has 118 valence electrons. The van der Waals surface area contributed by atoms with E-state index in [4.69, 9.17) is 4.74 Å². The molecule has 2 rings (SSSR count). The zero-order valence-electron chi connectivity index (χ0n) is 12.7. The lowest BCUT2D eigenvalue weighted by atomic mass is 9.98. The van der Waals surface area contributed by atoms with E-state index in [0.29, 0.717) is 18.5 Å². The number of amides is 1. The van der Waals surface area contributed by atoms with Crippen LogP contribution in [0.2, 0.25) is 0 Å². The van der Waals surface area contributed by atoms with Crippen molar-refractivity contribution in [2.75, 3.05) is 19.8 Å². The Kier molecular flexibility index (Phi) is 5.72. The number of rotatable bonds is 5.